The smallest absolute Gasteiger partial charge is 0.271 e. The summed E-state index contributed by atoms with van der Waals surface area (Å²) in [5.74, 6) is 0.214. The number of aromatic nitrogens is 2. The molecule has 7 heteroatoms. The third-order valence-electron chi connectivity index (χ3n) is 2.35. The van der Waals surface area contributed by atoms with Crippen molar-refractivity contribution in [2.45, 2.75) is 12.1 Å². The van der Waals surface area contributed by atoms with Crippen LogP contribution in [0.25, 0.3) is 10.2 Å². The molecule has 2 aromatic rings. The standard InChI is InChI=1S/C11H13N3O2S2/c1-3-12-8(15)6-18-11-13-7-4-5-17-9(7)10(16)14(11)2/h4-5H,3,6H2,1-2H3,(H,12,15). The Balaban J connectivity index is 2.25. The third kappa shape index (κ3) is 2.56. The monoisotopic (exact) mass is 283 g/mol. The van der Waals surface area contributed by atoms with E-state index < -0.39 is 0 Å². The summed E-state index contributed by atoms with van der Waals surface area (Å²) in [6, 6.07) is 1.82. The lowest BCUT2D eigenvalue weighted by molar-refractivity contribution is -0.118. The van der Waals surface area contributed by atoms with Crippen LogP contribution in [0.4, 0.5) is 0 Å². The fourth-order valence-electron chi connectivity index (χ4n) is 1.48. The molecule has 1 amide bonds. The molecule has 0 spiro atoms. The van der Waals surface area contributed by atoms with Gasteiger partial charge in [0.05, 0.1) is 11.3 Å². The Morgan fingerprint density at radius 1 is 1.61 bits per heavy atom. The van der Waals surface area contributed by atoms with Crippen LogP contribution in [0.2, 0.25) is 0 Å². The Labute approximate surface area is 112 Å². The molecule has 0 atom stereocenters. The maximum atomic E-state index is 12.0. The van der Waals surface area contributed by atoms with E-state index in [0.717, 1.165) is 0 Å². The number of rotatable bonds is 4. The average Bonchev–Trinajstić information content (AvgIpc) is 2.80. The molecule has 0 unspecified atom stereocenters. The largest absolute Gasteiger partial charge is 0.356 e. The summed E-state index contributed by atoms with van der Waals surface area (Å²) >= 11 is 2.66. The van der Waals surface area contributed by atoms with Crippen molar-refractivity contribution in [1.82, 2.24) is 14.9 Å². The van der Waals surface area contributed by atoms with Crippen LogP contribution < -0.4 is 10.9 Å². The minimum absolute atomic E-state index is 0.0536. The first-order valence-electron chi connectivity index (χ1n) is 5.47. The van der Waals surface area contributed by atoms with E-state index in [1.54, 1.807) is 7.05 Å². The molecule has 0 saturated carbocycles. The van der Waals surface area contributed by atoms with Gasteiger partial charge in [-0.15, -0.1) is 11.3 Å². The zero-order valence-corrected chi connectivity index (χ0v) is 11.7. The second-order valence-electron chi connectivity index (χ2n) is 3.64. The molecule has 1 N–H and O–H groups in total. The van der Waals surface area contributed by atoms with Gasteiger partial charge < -0.3 is 5.32 Å². The number of nitrogens with zero attached hydrogens (tertiary/aromatic N) is 2. The van der Waals surface area contributed by atoms with Crippen LogP contribution in [-0.2, 0) is 11.8 Å². The SMILES string of the molecule is CCNC(=O)CSc1nc2ccsc2c(=O)n1C. The molecule has 0 radical (unpaired) electrons. The number of thiophene rings is 1. The summed E-state index contributed by atoms with van der Waals surface area (Å²) in [6.07, 6.45) is 0. The van der Waals surface area contributed by atoms with Gasteiger partial charge in [0, 0.05) is 13.6 Å². The Bertz CT molecular complexity index is 633. The Morgan fingerprint density at radius 3 is 3.11 bits per heavy atom. The molecule has 0 aliphatic rings. The third-order valence-corrected chi connectivity index (χ3v) is 4.27. The summed E-state index contributed by atoms with van der Waals surface area (Å²) in [7, 11) is 1.68. The van der Waals surface area contributed by atoms with Crippen molar-refractivity contribution in [3.8, 4) is 0 Å². The van der Waals surface area contributed by atoms with Gasteiger partial charge in [0.15, 0.2) is 5.16 Å². The van der Waals surface area contributed by atoms with Gasteiger partial charge in [-0.25, -0.2) is 4.98 Å². The molecule has 2 heterocycles. The minimum atomic E-state index is -0.0617. The summed E-state index contributed by atoms with van der Waals surface area (Å²) in [4.78, 5) is 27.8. The fourth-order valence-corrected chi connectivity index (χ4v) is 3.08. The van der Waals surface area contributed by atoms with E-state index in [9.17, 15) is 9.59 Å². The highest BCUT2D eigenvalue weighted by Gasteiger charge is 2.11. The van der Waals surface area contributed by atoms with E-state index in [0.29, 0.717) is 21.9 Å². The van der Waals surface area contributed by atoms with Gasteiger partial charge in [-0.1, -0.05) is 11.8 Å². The van der Waals surface area contributed by atoms with Crippen LogP contribution in [0.1, 0.15) is 6.92 Å². The second-order valence-corrected chi connectivity index (χ2v) is 5.49. The topological polar surface area (TPSA) is 64.0 Å². The van der Waals surface area contributed by atoms with Crippen molar-refractivity contribution in [1.29, 1.82) is 0 Å². The Hall–Kier alpha value is -1.34. The van der Waals surface area contributed by atoms with Crippen LogP contribution in [0, 0.1) is 0 Å². The van der Waals surface area contributed by atoms with Crippen molar-refractivity contribution in [3.05, 3.63) is 21.8 Å². The predicted molar refractivity (Wildman–Crippen MR) is 74.3 cm³/mol. The van der Waals surface area contributed by atoms with Crippen molar-refractivity contribution < 1.29 is 4.79 Å². The molecule has 96 valence electrons. The molecule has 18 heavy (non-hydrogen) atoms. The van der Waals surface area contributed by atoms with Crippen molar-refractivity contribution in [3.63, 3.8) is 0 Å². The first-order valence-corrected chi connectivity index (χ1v) is 7.33. The van der Waals surface area contributed by atoms with Crippen molar-refractivity contribution in [2.24, 2.45) is 7.05 Å². The molecule has 0 saturated heterocycles. The molecule has 2 rings (SSSR count). The van der Waals surface area contributed by atoms with Crippen molar-refractivity contribution in [2.75, 3.05) is 12.3 Å². The molecule has 5 nitrogen and oxygen atoms in total. The molecule has 0 fully saturated rings. The number of hydrogen-bond donors (Lipinski definition) is 1. The normalized spacial score (nSPS) is 10.8. The lowest BCUT2D eigenvalue weighted by Crippen LogP contribution is -2.25. The maximum Gasteiger partial charge on any atom is 0.271 e. The fraction of sp³-hybridized carbons (Fsp3) is 0.364. The Kier molecular flexibility index (Phi) is 4.03. The summed E-state index contributed by atoms with van der Waals surface area (Å²) < 4.78 is 2.14. The van der Waals surface area contributed by atoms with Gasteiger partial charge in [-0.2, -0.15) is 0 Å². The van der Waals surface area contributed by atoms with E-state index in [1.807, 2.05) is 18.4 Å². The van der Waals surface area contributed by atoms with Gasteiger partial charge in [0.25, 0.3) is 5.56 Å². The summed E-state index contributed by atoms with van der Waals surface area (Å²) in [5, 5.41) is 5.12. The zero-order valence-electron chi connectivity index (χ0n) is 10.1. The summed E-state index contributed by atoms with van der Waals surface area (Å²) in [5.41, 5.74) is 0.634. The molecule has 0 aromatic carbocycles. The number of nitrogens with one attached hydrogen (secondary N) is 1. The number of carbonyl (C=O) groups excluding carboxylic acids is 1. The van der Waals surface area contributed by atoms with E-state index in [4.69, 9.17) is 0 Å². The lowest BCUT2D eigenvalue weighted by atomic mass is 10.5. The number of amides is 1. The van der Waals surface area contributed by atoms with Crippen LogP contribution in [0.3, 0.4) is 0 Å². The van der Waals surface area contributed by atoms with Crippen molar-refractivity contribution >= 4 is 39.2 Å². The average molecular weight is 283 g/mol. The van der Waals surface area contributed by atoms with E-state index in [-0.39, 0.29) is 17.2 Å². The number of carbonyl (C=O) groups is 1. The molecule has 2 aromatic heterocycles. The highest BCUT2D eigenvalue weighted by atomic mass is 32.2. The molecular weight excluding hydrogens is 270 g/mol. The van der Waals surface area contributed by atoms with E-state index in [1.165, 1.54) is 27.7 Å². The first kappa shape index (κ1) is 13.1. The van der Waals surface area contributed by atoms with Crippen LogP contribution in [-0.4, -0.2) is 27.8 Å². The number of thioether (sulfide) groups is 1. The quantitative estimate of drug-likeness (QED) is 0.677. The van der Waals surface area contributed by atoms with Crippen LogP contribution >= 0.6 is 23.1 Å². The van der Waals surface area contributed by atoms with E-state index in [2.05, 4.69) is 10.3 Å². The molecule has 0 aliphatic carbocycles. The van der Waals surface area contributed by atoms with E-state index >= 15 is 0 Å². The van der Waals surface area contributed by atoms with Gasteiger partial charge >= 0.3 is 0 Å². The molecular formula is C11H13N3O2S2. The Morgan fingerprint density at radius 2 is 2.39 bits per heavy atom. The van der Waals surface area contributed by atoms with Crippen LogP contribution in [0.15, 0.2) is 21.4 Å². The van der Waals surface area contributed by atoms with Gasteiger partial charge in [-0.05, 0) is 18.4 Å². The van der Waals surface area contributed by atoms with Gasteiger partial charge in [-0.3, -0.25) is 14.2 Å². The maximum absolute atomic E-state index is 12.0. The number of hydrogen-bond acceptors (Lipinski definition) is 5. The first-order chi connectivity index (χ1) is 8.63. The highest BCUT2D eigenvalue weighted by molar-refractivity contribution is 7.99. The predicted octanol–water partition coefficient (Wildman–Crippen LogP) is 1.22. The molecule has 0 bridgehead atoms. The van der Waals surface area contributed by atoms with Gasteiger partial charge in [0.2, 0.25) is 5.91 Å². The second kappa shape index (κ2) is 5.53. The van der Waals surface area contributed by atoms with Gasteiger partial charge in [0.1, 0.15) is 4.70 Å². The zero-order chi connectivity index (χ0) is 13.1. The lowest BCUT2D eigenvalue weighted by Gasteiger charge is -2.06. The minimum Gasteiger partial charge on any atom is -0.356 e. The summed E-state index contributed by atoms with van der Waals surface area (Å²) in [6.45, 7) is 2.48. The molecule has 0 aliphatic heterocycles. The number of fused-ring (bicyclic) bond motifs is 1. The van der Waals surface area contributed by atoms with Crippen LogP contribution in [0.5, 0.6) is 0 Å². The highest BCUT2D eigenvalue weighted by Crippen LogP contribution is 2.19.